The van der Waals surface area contributed by atoms with Crippen molar-refractivity contribution in [2.75, 3.05) is 59.5 Å². The predicted octanol–water partition coefficient (Wildman–Crippen LogP) is 1.61. The summed E-state index contributed by atoms with van der Waals surface area (Å²) in [6.07, 6.45) is 3.99. The first-order chi connectivity index (χ1) is 9.26. The number of nitrogens with zero attached hydrogens (tertiary/aromatic N) is 3. The smallest absolute Gasteiger partial charge is 0.0656 e. The Morgan fingerprint density at radius 2 is 1.16 bits per heavy atom. The molecule has 2 heterocycles. The van der Waals surface area contributed by atoms with E-state index in [4.69, 9.17) is 9.68 Å². The van der Waals surface area contributed by atoms with Crippen molar-refractivity contribution in [3.05, 3.63) is 0 Å². The predicted molar refractivity (Wildman–Crippen MR) is 77.7 cm³/mol. The Hall–Kier alpha value is -0.200. The van der Waals surface area contributed by atoms with Gasteiger partial charge in [0.15, 0.2) is 0 Å². The number of piperazine rings is 1. The van der Waals surface area contributed by atoms with E-state index in [0.29, 0.717) is 0 Å². The third-order valence-corrected chi connectivity index (χ3v) is 3.40. The molecule has 0 atom stereocenters. The van der Waals surface area contributed by atoms with Gasteiger partial charge in [-0.15, -0.1) is 0 Å². The Morgan fingerprint density at radius 1 is 0.684 bits per heavy atom. The van der Waals surface area contributed by atoms with Gasteiger partial charge < -0.3 is 4.90 Å². The van der Waals surface area contributed by atoms with Gasteiger partial charge in [0.25, 0.3) is 0 Å². The van der Waals surface area contributed by atoms with E-state index >= 15 is 0 Å². The second kappa shape index (κ2) is 10.6. The first kappa shape index (κ1) is 16.9. The van der Waals surface area contributed by atoms with Crippen LogP contribution in [0.1, 0.15) is 33.1 Å². The van der Waals surface area contributed by atoms with E-state index in [-0.39, 0.29) is 0 Å². The van der Waals surface area contributed by atoms with Gasteiger partial charge in [0, 0.05) is 39.3 Å². The number of likely N-dealkylation sites (N-methyl/N-ethyl adjacent to an activating group) is 1. The fourth-order valence-corrected chi connectivity index (χ4v) is 2.28. The van der Waals surface area contributed by atoms with Crippen molar-refractivity contribution < 1.29 is 9.68 Å². The standard InChI is InChI=1S/C7H16N2O.C7H15NO/c1-3-10-9-6-4-8(2)5-7-9;1-2-9-8-6-4-3-5-7-8/h3-7H2,1-2H3;2-7H2,1H3. The quantitative estimate of drug-likeness (QED) is 0.776. The second-order valence-corrected chi connectivity index (χ2v) is 5.06. The Labute approximate surface area is 118 Å². The van der Waals surface area contributed by atoms with Crippen LogP contribution in [0.15, 0.2) is 0 Å². The molecule has 5 heteroatoms. The van der Waals surface area contributed by atoms with E-state index < -0.39 is 0 Å². The first-order valence-electron chi connectivity index (χ1n) is 7.70. The summed E-state index contributed by atoms with van der Waals surface area (Å²) in [5, 5.41) is 4.11. The summed E-state index contributed by atoms with van der Waals surface area (Å²) in [6, 6.07) is 0. The maximum atomic E-state index is 5.34. The molecule has 0 aromatic heterocycles. The molecule has 0 saturated carbocycles. The van der Waals surface area contributed by atoms with Gasteiger partial charge in [0.2, 0.25) is 0 Å². The van der Waals surface area contributed by atoms with Crippen LogP contribution in [-0.2, 0) is 9.68 Å². The molecule has 0 amide bonds. The molecular formula is C14H31N3O2. The summed E-state index contributed by atoms with van der Waals surface area (Å²) in [5.41, 5.74) is 0. The monoisotopic (exact) mass is 273 g/mol. The van der Waals surface area contributed by atoms with E-state index in [1.165, 1.54) is 19.3 Å². The van der Waals surface area contributed by atoms with Crippen molar-refractivity contribution in [1.29, 1.82) is 0 Å². The Balaban J connectivity index is 0.000000191. The van der Waals surface area contributed by atoms with E-state index in [9.17, 15) is 0 Å². The van der Waals surface area contributed by atoms with Gasteiger partial charge in [-0.1, -0.05) is 6.42 Å². The lowest BCUT2D eigenvalue weighted by Gasteiger charge is -2.30. The van der Waals surface area contributed by atoms with E-state index in [1.807, 2.05) is 18.9 Å². The molecule has 2 aliphatic heterocycles. The average molecular weight is 273 g/mol. The van der Waals surface area contributed by atoms with Crippen molar-refractivity contribution in [1.82, 2.24) is 15.0 Å². The molecular weight excluding hydrogens is 242 g/mol. The topological polar surface area (TPSA) is 28.2 Å². The highest BCUT2D eigenvalue weighted by Crippen LogP contribution is 2.07. The lowest BCUT2D eigenvalue weighted by Crippen LogP contribution is -2.44. The van der Waals surface area contributed by atoms with Crippen LogP contribution < -0.4 is 0 Å². The Morgan fingerprint density at radius 3 is 1.63 bits per heavy atom. The molecule has 0 unspecified atom stereocenters. The molecule has 0 aromatic carbocycles. The molecule has 0 radical (unpaired) electrons. The summed E-state index contributed by atoms with van der Waals surface area (Å²) in [7, 11) is 2.14. The fourth-order valence-electron chi connectivity index (χ4n) is 2.28. The third kappa shape index (κ3) is 7.84. The number of hydrogen-bond donors (Lipinski definition) is 0. The normalized spacial score (nSPS) is 22.9. The molecule has 0 bridgehead atoms. The molecule has 0 aliphatic carbocycles. The fraction of sp³-hybridized carbons (Fsp3) is 1.00. The van der Waals surface area contributed by atoms with Crippen molar-refractivity contribution in [2.45, 2.75) is 33.1 Å². The van der Waals surface area contributed by atoms with Crippen LogP contribution in [0.2, 0.25) is 0 Å². The van der Waals surface area contributed by atoms with Gasteiger partial charge in [-0.2, -0.15) is 10.1 Å². The van der Waals surface area contributed by atoms with Crippen molar-refractivity contribution >= 4 is 0 Å². The lowest BCUT2D eigenvalue weighted by atomic mass is 10.2. The molecule has 0 N–H and O–H groups in total. The van der Waals surface area contributed by atoms with Gasteiger partial charge >= 0.3 is 0 Å². The number of hydroxylamine groups is 4. The highest BCUT2D eigenvalue weighted by atomic mass is 16.7. The molecule has 2 fully saturated rings. The van der Waals surface area contributed by atoms with Crippen LogP contribution in [-0.4, -0.2) is 74.6 Å². The van der Waals surface area contributed by atoms with Gasteiger partial charge in [-0.05, 0) is 33.7 Å². The van der Waals surface area contributed by atoms with Crippen LogP contribution >= 0.6 is 0 Å². The van der Waals surface area contributed by atoms with Crippen molar-refractivity contribution in [3.8, 4) is 0 Å². The van der Waals surface area contributed by atoms with Crippen LogP contribution in [0.25, 0.3) is 0 Å². The summed E-state index contributed by atoms with van der Waals surface area (Å²) < 4.78 is 0. The van der Waals surface area contributed by atoms with Gasteiger partial charge in [-0.3, -0.25) is 9.68 Å². The molecule has 114 valence electrons. The lowest BCUT2D eigenvalue weighted by molar-refractivity contribution is -0.170. The molecule has 2 saturated heterocycles. The number of piperidine rings is 1. The van der Waals surface area contributed by atoms with Crippen molar-refractivity contribution in [2.24, 2.45) is 0 Å². The zero-order chi connectivity index (χ0) is 13.9. The van der Waals surface area contributed by atoms with Crippen LogP contribution in [0.3, 0.4) is 0 Å². The second-order valence-electron chi connectivity index (χ2n) is 5.06. The zero-order valence-electron chi connectivity index (χ0n) is 12.9. The minimum atomic E-state index is 0.795. The van der Waals surface area contributed by atoms with E-state index in [2.05, 4.69) is 17.0 Å². The Bertz CT molecular complexity index is 200. The third-order valence-electron chi connectivity index (χ3n) is 3.40. The first-order valence-corrected chi connectivity index (χ1v) is 7.70. The molecule has 0 spiro atoms. The number of rotatable bonds is 4. The van der Waals surface area contributed by atoms with E-state index in [0.717, 1.165) is 52.5 Å². The average Bonchev–Trinajstić information content (AvgIpc) is 2.44. The SMILES string of the molecule is CCON1CCCCC1.CCON1CCN(C)CC1. The molecule has 0 aromatic rings. The minimum absolute atomic E-state index is 0.795. The highest BCUT2D eigenvalue weighted by molar-refractivity contribution is 4.62. The van der Waals surface area contributed by atoms with Crippen LogP contribution in [0.5, 0.6) is 0 Å². The molecule has 19 heavy (non-hydrogen) atoms. The minimum Gasteiger partial charge on any atom is -0.304 e. The summed E-state index contributed by atoms with van der Waals surface area (Å²) in [6.45, 7) is 12.3. The Kier molecular flexibility index (Phi) is 9.38. The van der Waals surface area contributed by atoms with Gasteiger partial charge in [-0.25, -0.2) is 0 Å². The zero-order valence-corrected chi connectivity index (χ0v) is 12.9. The number of hydrogen-bond acceptors (Lipinski definition) is 5. The summed E-state index contributed by atoms with van der Waals surface area (Å²) in [4.78, 5) is 13.0. The molecule has 5 nitrogen and oxygen atoms in total. The van der Waals surface area contributed by atoms with Crippen LogP contribution in [0.4, 0.5) is 0 Å². The largest absolute Gasteiger partial charge is 0.304 e. The van der Waals surface area contributed by atoms with Crippen molar-refractivity contribution in [3.63, 3.8) is 0 Å². The maximum absolute atomic E-state index is 5.34. The van der Waals surface area contributed by atoms with Gasteiger partial charge in [0.1, 0.15) is 0 Å². The molecule has 2 rings (SSSR count). The van der Waals surface area contributed by atoms with Crippen LogP contribution in [0, 0.1) is 0 Å². The summed E-state index contributed by atoms with van der Waals surface area (Å²) in [5.74, 6) is 0. The van der Waals surface area contributed by atoms with Gasteiger partial charge in [0.05, 0.1) is 13.2 Å². The maximum Gasteiger partial charge on any atom is 0.0656 e. The summed E-state index contributed by atoms with van der Waals surface area (Å²) >= 11 is 0. The molecule has 2 aliphatic rings. The van der Waals surface area contributed by atoms with E-state index in [1.54, 1.807) is 0 Å². The highest BCUT2D eigenvalue weighted by Gasteiger charge is 2.12.